The van der Waals surface area contributed by atoms with Crippen LogP contribution in [0.4, 0.5) is 5.69 Å². The van der Waals surface area contributed by atoms with Crippen LogP contribution in [-0.2, 0) is 17.8 Å². The molecule has 2 aromatic carbocycles. The van der Waals surface area contributed by atoms with Gasteiger partial charge < -0.3 is 14.8 Å². The molecule has 132 valence electrons. The van der Waals surface area contributed by atoms with E-state index in [4.69, 9.17) is 9.47 Å². The minimum Gasteiger partial charge on any atom is -0.493 e. The molecule has 0 spiro atoms. The summed E-state index contributed by atoms with van der Waals surface area (Å²) < 4.78 is 10.5. The summed E-state index contributed by atoms with van der Waals surface area (Å²) in [5.74, 6) is 1.22. The number of carbonyl (C=O) groups is 1. The van der Waals surface area contributed by atoms with E-state index < -0.39 is 0 Å². The van der Waals surface area contributed by atoms with Crippen molar-refractivity contribution >= 4 is 11.6 Å². The van der Waals surface area contributed by atoms with E-state index in [0.29, 0.717) is 17.2 Å². The second-order valence-corrected chi connectivity index (χ2v) is 6.22. The molecule has 0 fully saturated rings. The highest BCUT2D eigenvalue weighted by atomic mass is 16.5. The Hall–Kier alpha value is -2.53. The fraction of sp³-hybridized carbons (Fsp3) is 0.350. The number of benzene rings is 2. The van der Waals surface area contributed by atoms with Gasteiger partial charge in [0.15, 0.2) is 11.5 Å². The molecule has 0 radical (unpaired) electrons. The average Bonchev–Trinajstić information content (AvgIpc) is 2.66. The Morgan fingerprint density at radius 3 is 2.52 bits per heavy atom. The summed E-state index contributed by atoms with van der Waals surface area (Å²) in [4.78, 5) is 14.9. The lowest BCUT2D eigenvalue weighted by atomic mass is 9.99. The third-order valence-corrected chi connectivity index (χ3v) is 4.74. The van der Waals surface area contributed by atoms with E-state index in [1.807, 2.05) is 13.0 Å². The molecule has 0 aromatic heterocycles. The Labute approximate surface area is 148 Å². The van der Waals surface area contributed by atoms with E-state index in [-0.39, 0.29) is 11.9 Å². The number of methoxy groups -OCH3 is 2. The zero-order chi connectivity index (χ0) is 17.8. The van der Waals surface area contributed by atoms with Gasteiger partial charge in [0.05, 0.1) is 20.3 Å². The molecular weight excluding hydrogens is 316 g/mol. The van der Waals surface area contributed by atoms with Crippen molar-refractivity contribution < 1.29 is 14.3 Å². The van der Waals surface area contributed by atoms with Crippen molar-refractivity contribution in [1.29, 1.82) is 0 Å². The molecule has 3 rings (SSSR count). The van der Waals surface area contributed by atoms with Gasteiger partial charge >= 0.3 is 0 Å². The Balaban J connectivity index is 1.67. The maximum atomic E-state index is 12.7. The quantitative estimate of drug-likeness (QED) is 0.909. The summed E-state index contributed by atoms with van der Waals surface area (Å²) in [6.07, 6.45) is 0.976. The van der Waals surface area contributed by atoms with Crippen molar-refractivity contribution in [2.24, 2.45) is 0 Å². The number of hydrogen-bond donors (Lipinski definition) is 1. The summed E-state index contributed by atoms with van der Waals surface area (Å²) >= 11 is 0. The van der Waals surface area contributed by atoms with E-state index in [9.17, 15) is 4.79 Å². The van der Waals surface area contributed by atoms with Gasteiger partial charge in [0.25, 0.3) is 0 Å². The van der Waals surface area contributed by atoms with Crippen molar-refractivity contribution in [3.05, 3.63) is 53.6 Å². The summed E-state index contributed by atoms with van der Waals surface area (Å²) in [7, 11) is 3.17. The largest absolute Gasteiger partial charge is 0.493 e. The van der Waals surface area contributed by atoms with Gasteiger partial charge in [-0.2, -0.15) is 0 Å². The number of carbonyl (C=O) groups excluding carboxylic acids is 1. The smallest absolute Gasteiger partial charge is 0.241 e. The minimum atomic E-state index is -0.207. The summed E-state index contributed by atoms with van der Waals surface area (Å²) in [6, 6.07) is 13.6. The van der Waals surface area contributed by atoms with Crippen LogP contribution in [0.25, 0.3) is 0 Å². The fourth-order valence-electron chi connectivity index (χ4n) is 3.17. The molecule has 1 aliphatic rings. The highest BCUT2D eigenvalue weighted by Gasteiger charge is 2.25. The first-order valence-corrected chi connectivity index (χ1v) is 8.46. The molecule has 0 saturated carbocycles. The van der Waals surface area contributed by atoms with Crippen molar-refractivity contribution in [2.75, 3.05) is 26.1 Å². The van der Waals surface area contributed by atoms with Gasteiger partial charge in [0.1, 0.15) is 0 Å². The highest BCUT2D eigenvalue weighted by Crippen LogP contribution is 2.30. The molecule has 0 bridgehead atoms. The van der Waals surface area contributed by atoms with Gasteiger partial charge in [-0.3, -0.25) is 9.69 Å². The van der Waals surface area contributed by atoms with Crippen LogP contribution < -0.4 is 14.8 Å². The van der Waals surface area contributed by atoms with Crippen molar-refractivity contribution in [2.45, 2.75) is 25.9 Å². The first-order valence-electron chi connectivity index (χ1n) is 8.46. The monoisotopic (exact) mass is 340 g/mol. The molecule has 5 heteroatoms. The van der Waals surface area contributed by atoms with E-state index in [1.54, 1.807) is 26.4 Å². The fourth-order valence-corrected chi connectivity index (χ4v) is 3.17. The lowest BCUT2D eigenvalue weighted by Crippen LogP contribution is -2.44. The second kappa shape index (κ2) is 7.57. The minimum absolute atomic E-state index is 0.0217. The predicted molar refractivity (Wildman–Crippen MR) is 98.2 cm³/mol. The SMILES string of the molecule is COc1ccc(NC(=O)[C@@H](C)N2CCc3ccccc3C2)cc1OC. The maximum absolute atomic E-state index is 12.7. The van der Waals surface area contributed by atoms with Gasteiger partial charge in [-0.25, -0.2) is 0 Å². The van der Waals surface area contributed by atoms with Crippen LogP contribution in [-0.4, -0.2) is 37.6 Å². The molecule has 25 heavy (non-hydrogen) atoms. The molecule has 1 heterocycles. The normalized spacial score (nSPS) is 15.2. The van der Waals surface area contributed by atoms with Gasteiger partial charge in [-0.05, 0) is 36.6 Å². The topological polar surface area (TPSA) is 50.8 Å². The van der Waals surface area contributed by atoms with Crippen LogP contribution in [0.15, 0.2) is 42.5 Å². The summed E-state index contributed by atoms with van der Waals surface area (Å²) in [5.41, 5.74) is 3.39. The average molecular weight is 340 g/mol. The van der Waals surface area contributed by atoms with Crippen LogP contribution in [0.2, 0.25) is 0 Å². The van der Waals surface area contributed by atoms with Crippen molar-refractivity contribution in [3.63, 3.8) is 0 Å². The van der Waals surface area contributed by atoms with E-state index >= 15 is 0 Å². The zero-order valence-electron chi connectivity index (χ0n) is 14.9. The molecule has 1 aliphatic heterocycles. The number of hydrogen-bond acceptors (Lipinski definition) is 4. The van der Waals surface area contributed by atoms with Crippen molar-refractivity contribution in [3.8, 4) is 11.5 Å². The van der Waals surface area contributed by atoms with Crippen LogP contribution in [0, 0.1) is 0 Å². The Morgan fingerprint density at radius 2 is 1.80 bits per heavy atom. The third kappa shape index (κ3) is 3.77. The Bertz CT molecular complexity index is 760. The number of nitrogens with zero attached hydrogens (tertiary/aromatic N) is 1. The first-order chi connectivity index (χ1) is 12.1. The summed E-state index contributed by atoms with van der Waals surface area (Å²) in [6.45, 7) is 3.64. The molecule has 0 unspecified atom stereocenters. The molecule has 1 N–H and O–H groups in total. The molecule has 0 aliphatic carbocycles. The van der Waals surface area contributed by atoms with Crippen molar-refractivity contribution in [1.82, 2.24) is 4.90 Å². The van der Waals surface area contributed by atoms with Crippen LogP contribution in [0.3, 0.4) is 0 Å². The summed E-state index contributed by atoms with van der Waals surface area (Å²) in [5, 5.41) is 2.97. The number of ether oxygens (including phenoxy) is 2. The zero-order valence-corrected chi connectivity index (χ0v) is 14.9. The van der Waals surface area contributed by atoms with Crippen LogP contribution in [0.5, 0.6) is 11.5 Å². The number of amides is 1. The van der Waals surface area contributed by atoms with Gasteiger partial charge in [0, 0.05) is 24.8 Å². The van der Waals surface area contributed by atoms with Crippen LogP contribution in [0.1, 0.15) is 18.1 Å². The number of nitrogens with one attached hydrogen (secondary N) is 1. The predicted octanol–water partition coefficient (Wildman–Crippen LogP) is 3.09. The number of rotatable bonds is 5. The van der Waals surface area contributed by atoms with Crippen LogP contribution >= 0.6 is 0 Å². The highest BCUT2D eigenvalue weighted by molar-refractivity contribution is 5.94. The van der Waals surface area contributed by atoms with Gasteiger partial charge in [-0.1, -0.05) is 24.3 Å². The van der Waals surface area contributed by atoms with Gasteiger partial charge in [0.2, 0.25) is 5.91 Å². The molecule has 1 atom stereocenters. The maximum Gasteiger partial charge on any atom is 0.241 e. The number of fused-ring (bicyclic) bond motifs is 1. The Kier molecular flexibility index (Phi) is 5.24. The second-order valence-electron chi connectivity index (χ2n) is 6.22. The lowest BCUT2D eigenvalue weighted by Gasteiger charge is -2.32. The first kappa shape index (κ1) is 17.3. The molecular formula is C20H24N2O3. The molecule has 5 nitrogen and oxygen atoms in total. The molecule has 1 amide bonds. The van der Waals surface area contributed by atoms with E-state index in [0.717, 1.165) is 19.5 Å². The van der Waals surface area contributed by atoms with E-state index in [1.165, 1.54) is 11.1 Å². The molecule has 0 saturated heterocycles. The number of anilines is 1. The lowest BCUT2D eigenvalue weighted by molar-refractivity contribution is -0.121. The standard InChI is InChI=1S/C20H24N2O3/c1-14(22-11-10-15-6-4-5-7-16(15)13-22)20(23)21-17-8-9-18(24-2)19(12-17)25-3/h4-9,12,14H,10-11,13H2,1-3H3,(H,21,23)/t14-/m1/s1. The third-order valence-electron chi connectivity index (χ3n) is 4.74. The Morgan fingerprint density at radius 1 is 1.08 bits per heavy atom. The van der Waals surface area contributed by atoms with Gasteiger partial charge in [-0.15, -0.1) is 0 Å². The molecule has 2 aromatic rings. The van der Waals surface area contributed by atoms with E-state index in [2.05, 4.69) is 34.5 Å².